The molecule has 88 valence electrons. The monoisotopic (exact) mass is 250 g/mol. The largest absolute Gasteiger partial charge is 0.490 e. The molecular formula is C7H7FN2O5S. The Balaban J connectivity index is 3.58. The highest BCUT2D eigenvalue weighted by Gasteiger charge is 2.24. The lowest BCUT2D eigenvalue weighted by Crippen LogP contribution is -2.14. The molecule has 0 aliphatic heterocycles. The standard InChI is InChI=1S/C7H7FN2O5S/c1-15-6-2-4(8)7(16(9,13)14)3-5(6)10(11)12/h2-3H,1H3,(H2,9,13,14). The van der Waals surface area contributed by atoms with Crippen LogP contribution >= 0.6 is 0 Å². The number of rotatable bonds is 3. The maximum absolute atomic E-state index is 13.2. The average molecular weight is 250 g/mol. The highest BCUT2D eigenvalue weighted by Crippen LogP contribution is 2.31. The van der Waals surface area contributed by atoms with E-state index in [1.165, 1.54) is 0 Å². The van der Waals surface area contributed by atoms with Gasteiger partial charge in [-0.25, -0.2) is 17.9 Å². The molecule has 0 heterocycles. The lowest BCUT2D eigenvalue weighted by atomic mass is 10.3. The Morgan fingerprint density at radius 1 is 1.50 bits per heavy atom. The Bertz CT molecular complexity index is 542. The van der Waals surface area contributed by atoms with Gasteiger partial charge in [-0.2, -0.15) is 0 Å². The van der Waals surface area contributed by atoms with Crippen molar-refractivity contribution in [3.63, 3.8) is 0 Å². The zero-order chi connectivity index (χ0) is 12.5. The third-order valence-corrected chi connectivity index (χ3v) is 2.66. The van der Waals surface area contributed by atoms with Gasteiger partial charge in [0.05, 0.1) is 12.0 Å². The number of primary sulfonamides is 1. The average Bonchev–Trinajstić information content (AvgIpc) is 2.14. The Morgan fingerprint density at radius 3 is 2.44 bits per heavy atom. The summed E-state index contributed by atoms with van der Waals surface area (Å²) >= 11 is 0. The van der Waals surface area contributed by atoms with Crippen molar-refractivity contribution in [2.45, 2.75) is 4.90 Å². The van der Waals surface area contributed by atoms with Crippen molar-refractivity contribution in [3.05, 3.63) is 28.1 Å². The molecule has 0 amide bonds. The minimum Gasteiger partial charge on any atom is -0.490 e. The van der Waals surface area contributed by atoms with Crippen LogP contribution in [0.5, 0.6) is 5.75 Å². The van der Waals surface area contributed by atoms with Gasteiger partial charge in [0.1, 0.15) is 10.7 Å². The van der Waals surface area contributed by atoms with Crippen LogP contribution in [0.3, 0.4) is 0 Å². The topological polar surface area (TPSA) is 113 Å². The van der Waals surface area contributed by atoms with Crippen molar-refractivity contribution in [2.24, 2.45) is 5.14 Å². The van der Waals surface area contributed by atoms with E-state index >= 15 is 0 Å². The third-order valence-electron chi connectivity index (χ3n) is 1.74. The van der Waals surface area contributed by atoms with E-state index in [1.54, 1.807) is 0 Å². The van der Waals surface area contributed by atoms with Crippen LogP contribution in [-0.4, -0.2) is 20.5 Å². The van der Waals surface area contributed by atoms with E-state index in [2.05, 4.69) is 9.88 Å². The summed E-state index contributed by atoms with van der Waals surface area (Å²) in [5.41, 5.74) is -0.673. The van der Waals surface area contributed by atoms with Crippen LogP contribution in [0, 0.1) is 15.9 Å². The molecular weight excluding hydrogens is 243 g/mol. The third kappa shape index (κ3) is 2.25. The van der Waals surface area contributed by atoms with Crippen molar-refractivity contribution in [2.75, 3.05) is 7.11 Å². The van der Waals surface area contributed by atoms with E-state index < -0.39 is 31.3 Å². The second kappa shape index (κ2) is 4.02. The van der Waals surface area contributed by atoms with Gasteiger partial charge in [0, 0.05) is 12.1 Å². The van der Waals surface area contributed by atoms with Crippen LogP contribution in [0.2, 0.25) is 0 Å². The van der Waals surface area contributed by atoms with Crippen LogP contribution in [0.4, 0.5) is 10.1 Å². The van der Waals surface area contributed by atoms with Gasteiger partial charge >= 0.3 is 5.69 Å². The molecule has 0 bridgehead atoms. The molecule has 0 saturated heterocycles. The van der Waals surface area contributed by atoms with Gasteiger partial charge in [-0.3, -0.25) is 10.1 Å². The smallest absolute Gasteiger partial charge is 0.312 e. The molecule has 7 nitrogen and oxygen atoms in total. The maximum atomic E-state index is 13.2. The normalized spacial score (nSPS) is 11.2. The quantitative estimate of drug-likeness (QED) is 0.615. The first-order chi connectivity index (χ1) is 7.27. The predicted octanol–water partition coefficient (Wildman–Crippen LogP) is 0.390. The number of hydrogen-bond donors (Lipinski definition) is 1. The molecule has 16 heavy (non-hydrogen) atoms. The minimum absolute atomic E-state index is 0.380. The number of nitrogens with zero attached hydrogens (tertiary/aromatic N) is 1. The van der Waals surface area contributed by atoms with Crippen LogP contribution < -0.4 is 9.88 Å². The number of hydrogen-bond acceptors (Lipinski definition) is 5. The Labute approximate surface area is 89.8 Å². The van der Waals surface area contributed by atoms with Crippen molar-refractivity contribution in [1.82, 2.24) is 0 Å². The molecule has 2 N–H and O–H groups in total. The van der Waals surface area contributed by atoms with E-state index in [4.69, 9.17) is 0 Å². The van der Waals surface area contributed by atoms with Crippen molar-refractivity contribution in [1.29, 1.82) is 0 Å². The first kappa shape index (κ1) is 12.3. The number of methoxy groups -OCH3 is 1. The number of halogens is 1. The van der Waals surface area contributed by atoms with Gasteiger partial charge < -0.3 is 4.74 Å². The fourth-order valence-electron chi connectivity index (χ4n) is 1.05. The molecule has 1 rings (SSSR count). The summed E-state index contributed by atoms with van der Waals surface area (Å²) in [5, 5.41) is 15.2. The van der Waals surface area contributed by atoms with Gasteiger partial charge in [-0.1, -0.05) is 0 Å². The predicted molar refractivity (Wildman–Crippen MR) is 51.0 cm³/mol. The van der Waals surface area contributed by atoms with E-state index in [0.717, 1.165) is 7.11 Å². The first-order valence-electron chi connectivity index (χ1n) is 3.82. The van der Waals surface area contributed by atoms with E-state index in [-0.39, 0.29) is 5.75 Å². The summed E-state index contributed by atoms with van der Waals surface area (Å²) in [4.78, 5) is 8.70. The van der Waals surface area contributed by atoms with Crippen LogP contribution in [0.1, 0.15) is 0 Å². The second-order valence-electron chi connectivity index (χ2n) is 2.76. The van der Waals surface area contributed by atoms with Gasteiger partial charge in [0.2, 0.25) is 10.0 Å². The summed E-state index contributed by atoms with van der Waals surface area (Å²) in [6, 6.07) is 1.11. The Hall–Kier alpha value is -1.74. The lowest BCUT2D eigenvalue weighted by Gasteiger charge is -2.04. The molecule has 0 aliphatic rings. The summed E-state index contributed by atoms with van der Waals surface area (Å²) < 4.78 is 39.6. The Kier molecular flexibility index (Phi) is 3.10. The number of ether oxygens (including phenoxy) is 1. The minimum atomic E-state index is -4.35. The molecule has 0 radical (unpaired) electrons. The number of benzene rings is 1. The van der Waals surface area contributed by atoms with E-state index in [1.807, 2.05) is 0 Å². The van der Waals surface area contributed by atoms with Crippen LogP contribution in [0.15, 0.2) is 17.0 Å². The summed E-state index contributed by atoms with van der Waals surface area (Å²) in [6.45, 7) is 0. The maximum Gasteiger partial charge on any atom is 0.312 e. The van der Waals surface area contributed by atoms with Gasteiger partial charge in [-0.15, -0.1) is 0 Å². The molecule has 0 aliphatic carbocycles. The van der Waals surface area contributed by atoms with Crippen molar-refractivity contribution in [3.8, 4) is 5.75 Å². The first-order valence-corrected chi connectivity index (χ1v) is 5.36. The Morgan fingerprint density at radius 2 is 2.06 bits per heavy atom. The van der Waals surface area contributed by atoms with E-state index in [0.29, 0.717) is 12.1 Å². The SMILES string of the molecule is COc1cc(F)c(S(N)(=O)=O)cc1[N+](=O)[O-]. The fourth-order valence-corrected chi connectivity index (χ4v) is 1.66. The molecule has 0 saturated carbocycles. The molecule has 1 aromatic rings. The number of sulfonamides is 1. The van der Waals surface area contributed by atoms with Crippen molar-refractivity contribution < 1.29 is 22.5 Å². The number of nitrogens with two attached hydrogens (primary N) is 1. The van der Waals surface area contributed by atoms with Crippen LogP contribution in [-0.2, 0) is 10.0 Å². The summed E-state index contributed by atoms with van der Waals surface area (Å²) in [6.07, 6.45) is 0. The van der Waals surface area contributed by atoms with E-state index in [9.17, 15) is 22.9 Å². The molecule has 1 aromatic carbocycles. The molecule has 0 aromatic heterocycles. The highest BCUT2D eigenvalue weighted by atomic mass is 32.2. The van der Waals surface area contributed by atoms with Crippen molar-refractivity contribution >= 4 is 15.7 Å². The lowest BCUT2D eigenvalue weighted by molar-refractivity contribution is -0.386. The zero-order valence-electron chi connectivity index (χ0n) is 8.01. The summed E-state index contributed by atoms with van der Waals surface area (Å²) in [5.74, 6) is -1.58. The molecule has 9 heteroatoms. The van der Waals surface area contributed by atoms with Gasteiger partial charge in [0.15, 0.2) is 5.75 Å². The summed E-state index contributed by atoms with van der Waals surface area (Å²) in [7, 11) is -3.25. The molecule has 0 fully saturated rings. The fraction of sp³-hybridized carbons (Fsp3) is 0.143. The number of nitro benzene ring substituents is 1. The van der Waals surface area contributed by atoms with Crippen LogP contribution in [0.25, 0.3) is 0 Å². The van der Waals surface area contributed by atoms with Gasteiger partial charge in [-0.05, 0) is 0 Å². The zero-order valence-corrected chi connectivity index (χ0v) is 8.82. The molecule has 0 unspecified atom stereocenters. The highest BCUT2D eigenvalue weighted by molar-refractivity contribution is 7.89. The molecule has 0 atom stereocenters. The van der Waals surface area contributed by atoms with Gasteiger partial charge in [0.25, 0.3) is 0 Å². The number of nitro groups is 1. The molecule has 0 spiro atoms. The second-order valence-corrected chi connectivity index (χ2v) is 4.29.